The van der Waals surface area contributed by atoms with E-state index in [9.17, 15) is 0 Å². The SMILES string of the molecule is [CH2]C(C)(N)Cc1cccc(-c2cccc(Cl)c2Cl)c1. The zero-order chi connectivity index (χ0) is 14.0. The van der Waals surface area contributed by atoms with Gasteiger partial charge in [0.1, 0.15) is 0 Å². The van der Waals surface area contributed by atoms with E-state index in [0.717, 1.165) is 16.7 Å². The van der Waals surface area contributed by atoms with Crippen LogP contribution in [0.25, 0.3) is 11.1 Å². The summed E-state index contributed by atoms with van der Waals surface area (Å²) < 4.78 is 0. The number of rotatable bonds is 3. The van der Waals surface area contributed by atoms with Gasteiger partial charge in [-0.2, -0.15) is 0 Å². The molecule has 0 bridgehead atoms. The molecule has 0 amide bonds. The summed E-state index contributed by atoms with van der Waals surface area (Å²) in [6.45, 7) is 5.84. The van der Waals surface area contributed by atoms with Crippen LogP contribution in [0, 0.1) is 6.92 Å². The largest absolute Gasteiger partial charge is 0.325 e. The molecule has 1 unspecified atom stereocenters. The lowest BCUT2D eigenvalue weighted by Crippen LogP contribution is -2.34. The maximum absolute atomic E-state index is 6.24. The molecule has 0 aliphatic rings. The third-order valence-corrected chi connectivity index (χ3v) is 3.62. The van der Waals surface area contributed by atoms with E-state index in [0.29, 0.717) is 16.5 Å². The molecular formula is C16H16Cl2N. The molecule has 1 radical (unpaired) electrons. The van der Waals surface area contributed by atoms with E-state index in [1.807, 2.05) is 37.3 Å². The van der Waals surface area contributed by atoms with Crippen molar-refractivity contribution < 1.29 is 0 Å². The van der Waals surface area contributed by atoms with Crippen molar-refractivity contribution in [2.24, 2.45) is 5.73 Å². The highest BCUT2D eigenvalue weighted by Gasteiger charge is 2.13. The van der Waals surface area contributed by atoms with Crippen LogP contribution in [0.3, 0.4) is 0 Å². The fourth-order valence-corrected chi connectivity index (χ4v) is 2.45. The Kier molecular flexibility index (Phi) is 4.19. The summed E-state index contributed by atoms with van der Waals surface area (Å²) in [5, 5.41) is 1.14. The molecule has 3 heteroatoms. The molecule has 2 rings (SSSR count). The predicted molar refractivity (Wildman–Crippen MR) is 83.6 cm³/mol. The Hall–Kier alpha value is -1.02. The highest BCUT2D eigenvalue weighted by atomic mass is 35.5. The van der Waals surface area contributed by atoms with E-state index >= 15 is 0 Å². The predicted octanol–water partition coefficient (Wildman–Crippen LogP) is 4.75. The molecule has 0 saturated carbocycles. The maximum Gasteiger partial charge on any atom is 0.0670 e. The van der Waals surface area contributed by atoms with E-state index in [1.165, 1.54) is 0 Å². The molecule has 2 aromatic rings. The number of hydrogen-bond acceptors (Lipinski definition) is 1. The molecule has 0 fully saturated rings. The van der Waals surface area contributed by atoms with Crippen LogP contribution < -0.4 is 5.73 Å². The van der Waals surface area contributed by atoms with Gasteiger partial charge in [-0.25, -0.2) is 0 Å². The first-order valence-corrected chi connectivity index (χ1v) is 6.80. The van der Waals surface area contributed by atoms with Crippen LogP contribution >= 0.6 is 23.2 Å². The Morgan fingerprint density at radius 3 is 2.53 bits per heavy atom. The van der Waals surface area contributed by atoms with Crippen molar-refractivity contribution in [1.29, 1.82) is 0 Å². The lowest BCUT2D eigenvalue weighted by molar-refractivity contribution is 0.577. The van der Waals surface area contributed by atoms with Gasteiger partial charge in [-0.3, -0.25) is 0 Å². The van der Waals surface area contributed by atoms with Crippen LogP contribution in [0.1, 0.15) is 12.5 Å². The van der Waals surface area contributed by atoms with Gasteiger partial charge in [0.25, 0.3) is 0 Å². The van der Waals surface area contributed by atoms with Crippen molar-refractivity contribution in [3.8, 4) is 11.1 Å². The lowest BCUT2D eigenvalue weighted by Gasteiger charge is -2.18. The molecule has 0 spiro atoms. The van der Waals surface area contributed by atoms with Gasteiger partial charge in [-0.15, -0.1) is 0 Å². The van der Waals surface area contributed by atoms with Crippen molar-refractivity contribution in [1.82, 2.24) is 0 Å². The molecule has 0 aliphatic carbocycles. The van der Waals surface area contributed by atoms with Crippen LogP contribution in [0.2, 0.25) is 10.0 Å². The van der Waals surface area contributed by atoms with Crippen LogP contribution in [0.4, 0.5) is 0 Å². The summed E-state index contributed by atoms with van der Waals surface area (Å²) in [6, 6.07) is 13.8. The minimum atomic E-state index is -0.475. The number of nitrogens with two attached hydrogens (primary N) is 1. The van der Waals surface area contributed by atoms with Gasteiger partial charge < -0.3 is 5.73 Å². The molecule has 2 N–H and O–H groups in total. The highest BCUT2D eigenvalue weighted by molar-refractivity contribution is 6.43. The molecule has 19 heavy (non-hydrogen) atoms. The van der Waals surface area contributed by atoms with Gasteiger partial charge in [0.05, 0.1) is 10.0 Å². The zero-order valence-electron chi connectivity index (χ0n) is 10.8. The van der Waals surface area contributed by atoms with E-state index in [2.05, 4.69) is 13.0 Å². The summed E-state index contributed by atoms with van der Waals surface area (Å²) in [6.07, 6.45) is 0.707. The molecule has 1 nitrogen and oxygen atoms in total. The molecule has 0 saturated heterocycles. The van der Waals surface area contributed by atoms with Crippen LogP contribution in [-0.4, -0.2) is 5.54 Å². The Balaban J connectivity index is 2.41. The van der Waals surface area contributed by atoms with Gasteiger partial charge in [0, 0.05) is 11.1 Å². The normalized spacial score (nSPS) is 11.6. The second-order valence-corrected chi connectivity index (χ2v) is 5.92. The molecule has 0 aromatic heterocycles. The monoisotopic (exact) mass is 292 g/mol. The standard InChI is InChI=1S/C16H16Cl2N/c1-16(2,19)10-11-5-3-6-12(9-11)13-7-4-8-14(17)15(13)18/h3-9H,1,10,19H2,2H3. The van der Waals surface area contributed by atoms with Crippen molar-refractivity contribution in [3.05, 3.63) is 65.0 Å². The van der Waals surface area contributed by atoms with Crippen molar-refractivity contribution >= 4 is 23.2 Å². The summed E-state index contributed by atoms with van der Waals surface area (Å²) in [5.41, 5.74) is 8.58. The van der Waals surface area contributed by atoms with E-state index in [-0.39, 0.29) is 0 Å². The summed E-state index contributed by atoms with van der Waals surface area (Å²) in [5.74, 6) is 0. The van der Waals surface area contributed by atoms with Crippen molar-refractivity contribution in [2.45, 2.75) is 18.9 Å². The Morgan fingerprint density at radius 2 is 1.84 bits per heavy atom. The second kappa shape index (κ2) is 5.54. The lowest BCUT2D eigenvalue weighted by atomic mass is 9.94. The molecule has 0 aliphatic heterocycles. The van der Waals surface area contributed by atoms with E-state index in [1.54, 1.807) is 6.07 Å². The number of hydrogen-bond donors (Lipinski definition) is 1. The third kappa shape index (κ3) is 3.73. The quantitative estimate of drug-likeness (QED) is 0.868. The topological polar surface area (TPSA) is 26.0 Å². The molecular weight excluding hydrogens is 277 g/mol. The van der Waals surface area contributed by atoms with Gasteiger partial charge >= 0.3 is 0 Å². The smallest absolute Gasteiger partial charge is 0.0670 e. The maximum atomic E-state index is 6.24. The fourth-order valence-electron chi connectivity index (χ4n) is 2.04. The second-order valence-electron chi connectivity index (χ2n) is 5.13. The minimum absolute atomic E-state index is 0.475. The summed E-state index contributed by atoms with van der Waals surface area (Å²) >= 11 is 12.3. The van der Waals surface area contributed by atoms with Gasteiger partial charge in [0.2, 0.25) is 0 Å². The number of halogens is 2. The zero-order valence-corrected chi connectivity index (χ0v) is 12.3. The third-order valence-electron chi connectivity index (χ3n) is 2.80. The van der Waals surface area contributed by atoms with Gasteiger partial charge in [0.15, 0.2) is 0 Å². The first kappa shape index (κ1) is 14.4. The van der Waals surface area contributed by atoms with E-state index in [4.69, 9.17) is 28.9 Å². The average molecular weight is 293 g/mol. The first-order chi connectivity index (χ1) is 8.87. The fraction of sp³-hybridized carbons (Fsp3) is 0.188. The Labute approximate surface area is 124 Å². The average Bonchev–Trinajstić information content (AvgIpc) is 2.31. The Morgan fingerprint density at radius 1 is 1.16 bits per heavy atom. The van der Waals surface area contributed by atoms with Gasteiger partial charge in [-0.05, 0) is 37.5 Å². The highest BCUT2D eigenvalue weighted by Crippen LogP contribution is 2.33. The number of benzene rings is 2. The molecule has 99 valence electrons. The van der Waals surface area contributed by atoms with Gasteiger partial charge in [-0.1, -0.05) is 59.6 Å². The van der Waals surface area contributed by atoms with E-state index < -0.39 is 5.54 Å². The molecule has 0 heterocycles. The van der Waals surface area contributed by atoms with Crippen LogP contribution in [0.15, 0.2) is 42.5 Å². The molecule has 2 aromatic carbocycles. The summed E-state index contributed by atoms with van der Waals surface area (Å²) in [7, 11) is 0. The minimum Gasteiger partial charge on any atom is -0.325 e. The Bertz CT molecular complexity index is 586. The first-order valence-electron chi connectivity index (χ1n) is 6.04. The molecule has 1 atom stereocenters. The van der Waals surface area contributed by atoms with Crippen molar-refractivity contribution in [3.63, 3.8) is 0 Å². The van der Waals surface area contributed by atoms with Crippen LogP contribution in [0.5, 0.6) is 0 Å². The van der Waals surface area contributed by atoms with Crippen molar-refractivity contribution in [2.75, 3.05) is 0 Å². The summed E-state index contributed by atoms with van der Waals surface area (Å²) in [4.78, 5) is 0. The van der Waals surface area contributed by atoms with Crippen LogP contribution in [-0.2, 0) is 6.42 Å².